The van der Waals surface area contributed by atoms with Crippen LogP contribution in [0.5, 0.6) is 5.75 Å². The normalized spacial score (nSPS) is 14.8. The lowest BCUT2D eigenvalue weighted by molar-refractivity contribution is -0.142. The van der Waals surface area contributed by atoms with Gasteiger partial charge < -0.3 is 15.0 Å². The van der Waals surface area contributed by atoms with Gasteiger partial charge in [-0.15, -0.1) is 0 Å². The Bertz CT molecular complexity index is 919. The van der Waals surface area contributed by atoms with Gasteiger partial charge in [-0.2, -0.15) is 0 Å². The first-order valence-corrected chi connectivity index (χ1v) is 11.2. The molecule has 2 aromatic rings. The molecule has 1 saturated carbocycles. The summed E-state index contributed by atoms with van der Waals surface area (Å²) in [4.78, 5) is 27.8. The second-order valence-electron chi connectivity index (χ2n) is 8.67. The van der Waals surface area contributed by atoms with Crippen LogP contribution in [0.2, 0.25) is 0 Å². The van der Waals surface area contributed by atoms with Crippen molar-refractivity contribution in [2.75, 3.05) is 6.61 Å². The highest BCUT2D eigenvalue weighted by atomic mass is 16.5. The van der Waals surface area contributed by atoms with E-state index in [9.17, 15) is 9.59 Å². The molecule has 0 unspecified atom stereocenters. The van der Waals surface area contributed by atoms with Gasteiger partial charge >= 0.3 is 0 Å². The molecule has 0 aliphatic heterocycles. The molecular formula is C26H34N2O3. The van der Waals surface area contributed by atoms with Crippen molar-refractivity contribution in [1.29, 1.82) is 0 Å². The van der Waals surface area contributed by atoms with Gasteiger partial charge in [-0.3, -0.25) is 9.59 Å². The van der Waals surface area contributed by atoms with Crippen molar-refractivity contribution in [2.45, 2.75) is 72.0 Å². The molecule has 0 spiro atoms. The predicted octanol–water partition coefficient (Wildman–Crippen LogP) is 4.47. The Morgan fingerprint density at radius 2 is 1.77 bits per heavy atom. The zero-order valence-corrected chi connectivity index (χ0v) is 19.1. The maximum atomic E-state index is 13.2. The van der Waals surface area contributed by atoms with Crippen molar-refractivity contribution >= 4 is 11.8 Å². The van der Waals surface area contributed by atoms with Crippen LogP contribution in [0, 0.1) is 20.8 Å². The maximum Gasteiger partial charge on any atom is 0.261 e. The summed E-state index contributed by atoms with van der Waals surface area (Å²) < 4.78 is 5.87. The minimum atomic E-state index is -0.574. The molecule has 0 bridgehead atoms. The van der Waals surface area contributed by atoms with Crippen LogP contribution >= 0.6 is 0 Å². The predicted molar refractivity (Wildman–Crippen MR) is 123 cm³/mol. The molecule has 2 aromatic carbocycles. The average Bonchev–Trinajstić information content (AvgIpc) is 3.26. The third-order valence-electron chi connectivity index (χ3n) is 6.17. The van der Waals surface area contributed by atoms with E-state index in [1.807, 2.05) is 63.2 Å². The van der Waals surface area contributed by atoms with Crippen molar-refractivity contribution in [3.8, 4) is 5.75 Å². The summed E-state index contributed by atoms with van der Waals surface area (Å²) in [5.74, 6) is 0.408. The lowest BCUT2D eigenvalue weighted by Crippen LogP contribution is -2.50. The number of carbonyl (C=O) groups is 2. The molecule has 5 nitrogen and oxygen atoms in total. The van der Waals surface area contributed by atoms with Crippen molar-refractivity contribution in [3.63, 3.8) is 0 Å². The third-order valence-corrected chi connectivity index (χ3v) is 6.17. The number of carbonyl (C=O) groups excluding carboxylic acids is 2. The molecule has 1 N–H and O–H groups in total. The fraction of sp³-hybridized carbons (Fsp3) is 0.462. The van der Waals surface area contributed by atoms with Crippen LogP contribution in [0.3, 0.4) is 0 Å². The number of nitrogens with one attached hydrogen (secondary N) is 1. The van der Waals surface area contributed by atoms with E-state index in [-0.39, 0.29) is 24.5 Å². The summed E-state index contributed by atoms with van der Waals surface area (Å²) in [6.07, 6.45) is 4.32. The number of benzene rings is 2. The first-order chi connectivity index (χ1) is 14.8. The minimum absolute atomic E-state index is 0.0967. The second-order valence-corrected chi connectivity index (χ2v) is 8.67. The van der Waals surface area contributed by atoms with Gasteiger partial charge in [0.1, 0.15) is 11.8 Å². The lowest BCUT2D eigenvalue weighted by atomic mass is 10.1. The Morgan fingerprint density at radius 1 is 1.06 bits per heavy atom. The van der Waals surface area contributed by atoms with Gasteiger partial charge in [0, 0.05) is 12.6 Å². The van der Waals surface area contributed by atoms with Gasteiger partial charge in [0.25, 0.3) is 5.91 Å². The molecule has 0 aromatic heterocycles. The van der Waals surface area contributed by atoms with Gasteiger partial charge in [-0.1, -0.05) is 49.2 Å². The highest BCUT2D eigenvalue weighted by molar-refractivity contribution is 5.88. The van der Waals surface area contributed by atoms with Crippen LogP contribution < -0.4 is 10.1 Å². The highest BCUT2D eigenvalue weighted by Gasteiger charge is 2.29. The van der Waals surface area contributed by atoms with Gasteiger partial charge in [0.2, 0.25) is 5.91 Å². The van der Waals surface area contributed by atoms with E-state index in [0.717, 1.165) is 47.9 Å². The Labute approximate surface area is 185 Å². The van der Waals surface area contributed by atoms with Crippen LogP contribution in [0.1, 0.15) is 54.9 Å². The standard InChI is InChI=1S/C26H34N2O3/c1-18-13-14-20(3)24(15-18)31-17-25(29)28(16-22-10-6-5-9-19(22)2)21(4)26(30)27-23-11-7-8-12-23/h5-6,9-10,13-15,21,23H,7-8,11-12,16-17H2,1-4H3,(H,27,30)/t21-/m0/s1. The summed E-state index contributed by atoms with van der Waals surface area (Å²) in [6, 6.07) is 13.5. The molecule has 0 heterocycles. The number of hydrogen-bond donors (Lipinski definition) is 1. The van der Waals surface area contributed by atoms with E-state index in [2.05, 4.69) is 5.32 Å². The maximum absolute atomic E-state index is 13.2. The first kappa shape index (κ1) is 22.9. The Hall–Kier alpha value is -2.82. The van der Waals surface area contributed by atoms with Gasteiger partial charge in [0.05, 0.1) is 0 Å². The molecule has 1 aliphatic rings. The number of aryl methyl sites for hydroxylation is 3. The Morgan fingerprint density at radius 3 is 2.48 bits per heavy atom. The molecule has 0 radical (unpaired) electrons. The summed E-state index contributed by atoms with van der Waals surface area (Å²) in [5.41, 5.74) is 4.19. The first-order valence-electron chi connectivity index (χ1n) is 11.2. The molecule has 166 valence electrons. The summed E-state index contributed by atoms with van der Waals surface area (Å²) in [6.45, 7) is 8.06. The molecule has 0 saturated heterocycles. The minimum Gasteiger partial charge on any atom is -0.483 e. The molecule has 1 atom stereocenters. The Balaban J connectivity index is 1.75. The smallest absolute Gasteiger partial charge is 0.261 e. The van der Waals surface area contributed by atoms with Crippen LogP contribution in [0.15, 0.2) is 42.5 Å². The molecule has 5 heteroatoms. The fourth-order valence-corrected chi connectivity index (χ4v) is 4.03. The topological polar surface area (TPSA) is 58.6 Å². The molecule has 1 fully saturated rings. The van der Waals surface area contributed by atoms with Crippen molar-refractivity contribution in [1.82, 2.24) is 10.2 Å². The van der Waals surface area contributed by atoms with E-state index in [0.29, 0.717) is 12.3 Å². The fourth-order valence-electron chi connectivity index (χ4n) is 4.03. The third kappa shape index (κ3) is 6.09. The van der Waals surface area contributed by atoms with Crippen molar-refractivity contribution in [3.05, 3.63) is 64.7 Å². The largest absolute Gasteiger partial charge is 0.483 e. The van der Waals surface area contributed by atoms with Gasteiger partial charge in [-0.05, 0) is 68.9 Å². The molecule has 1 aliphatic carbocycles. The molecule has 3 rings (SSSR count). The molecular weight excluding hydrogens is 388 g/mol. The van der Waals surface area contributed by atoms with Gasteiger partial charge in [0.15, 0.2) is 6.61 Å². The molecule has 2 amide bonds. The monoisotopic (exact) mass is 422 g/mol. The van der Waals surface area contributed by atoms with E-state index in [4.69, 9.17) is 4.74 Å². The lowest BCUT2D eigenvalue weighted by Gasteiger charge is -2.30. The summed E-state index contributed by atoms with van der Waals surface area (Å²) >= 11 is 0. The number of rotatable bonds is 8. The van der Waals surface area contributed by atoms with E-state index < -0.39 is 6.04 Å². The number of hydrogen-bond acceptors (Lipinski definition) is 3. The quantitative estimate of drug-likeness (QED) is 0.683. The van der Waals surface area contributed by atoms with E-state index in [1.54, 1.807) is 11.8 Å². The molecule has 31 heavy (non-hydrogen) atoms. The van der Waals surface area contributed by atoms with Crippen LogP contribution in [-0.4, -0.2) is 35.4 Å². The Kier molecular flexibility index (Phi) is 7.72. The van der Waals surface area contributed by atoms with Crippen molar-refractivity contribution in [2.24, 2.45) is 0 Å². The number of nitrogens with zero attached hydrogens (tertiary/aromatic N) is 1. The zero-order valence-electron chi connectivity index (χ0n) is 19.1. The number of amides is 2. The van der Waals surface area contributed by atoms with E-state index in [1.165, 1.54) is 0 Å². The summed E-state index contributed by atoms with van der Waals surface area (Å²) in [7, 11) is 0. The average molecular weight is 423 g/mol. The van der Waals surface area contributed by atoms with Crippen LogP contribution in [0.25, 0.3) is 0 Å². The highest BCUT2D eigenvalue weighted by Crippen LogP contribution is 2.21. The van der Waals surface area contributed by atoms with Crippen molar-refractivity contribution < 1.29 is 14.3 Å². The number of ether oxygens (including phenoxy) is 1. The van der Waals surface area contributed by atoms with E-state index >= 15 is 0 Å². The van der Waals surface area contributed by atoms with Gasteiger partial charge in [-0.25, -0.2) is 0 Å². The zero-order chi connectivity index (χ0) is 22.4. The summed E-state index contributed by atoms with van der Waals surface area (Å²) in [5, 5.41) is 3.13. The SMILES string of the molecule is Cc1ccc(C)c(OCC(=O)N(Cc2ccccc2C)[C@@H](C)C(=O)NC2CCCC2)c1. The van der Waals surface area contributed by atoms with Crippen LogP contribution in [-0.2, 0) is 16.1 Å². The second kappa shape index (κ2) is 10.5. The van der Waals surface area contributed by atoms with Crippen LogP contribution in [0.4, 0.5) is 0 Å².